The normalized spacial score (nSPS) is 20.3. The molecule has 0 atom stereocenters. The fraction of sp³-hybridized carbons (Fsp3) is 1.00. The third kappa shape index (κ3) is 5.41. The summed E-state index contributed by atoms with van der Waals surface area (Å²) < 4.78 is 25.1. The summed E-state index contributed by atoms with van der Waals surface area (Å²) in [5, 5.41) is 8.99. The Balaban J connectivity index is 2.60. The first-order chi connectivity index (χ1) is 8.62. The molecule has 0 amide bonds. The Bertz CT molecular complexity index is 221. The van der Waals surface area contributed by atoms with Gasteiger partial charge in [-0.15, -0.1) is 0 Å². The minimum Gasteiger partial charge on any atom is -0.395 e. The minimum atomic E-state index is -2.33. The van der Waals surface area contributed by atoms with Gasteiger partial charge in [0, 0.05) is 13.1 Å². The Morgan fingerprint density at radius 2 is 1.78 bits per heavy atom. The summed E-state index contributed by atoms with van der Waals surface area (Å²) in [6, 6.07) is 0. The maximum atomic E-state index is 12.5. The van der Waals surface area contributed by atoms with E-state index in [0.29, 0.717) is 13.1 Å². The lowest BCUT2D eigenvalue weighted by molar-refractivity contribution is 0.0518. The molecule has 0 bridgehead atoms. The highest BCUT2D eigenvalue weighted by atomic mass is 32.1. The smallest absolute Gasteiger partial charge is 0.251 e. The van der Waals surface area contributed by atoms with Crippen LogP contribution in [0, 0.1) is 5.41 Å². The molecule has 2 nitrogen and oxygen atoms in total. The van der Waals surface area contributed by atoms with Crippen LogP contribution in [0.2, 0.25) is 0 Å². The van der Waals surface area contributed by atoms with E-state index in [4.69, 9.17) is 5.11 Å². The van der Waals surface area contributed by atoms with Crippen LogP contribution in [0.15, 0.2) is 0 Å². The molecule has 1 saturated carbocycles. The number of aliphatic hydroxyl groups excluding tert-OH is 1. The first-order valence-corrected chi connectivity index (χ1v) is 7.47. The molecule has 0 aromatic carbocycles. The van der Waals surface area contributed by atoms with Crippen LogP contribution < -0.4 is 0 Å². The zero-order valence-electron chi connectivity index (χ0n) is 11.0. The molecule has 1 N–H and O–H groups in total. The van der Waals surface area contributed by atoms with Gasteiger partial charge >= 0.3 is 0 Å². The van der Waals surface area contributed by atoms with Crippen molar-refractivity contribution >= 4 is 12.6 Å². The molecule has 0 radical (unpaired) electrons. The Morgan fingerprint density at radius 1 is 1.17 bits per heavy atom. The van der Waals surface area contributed by atoms with E-state index in [1.54, 1.807) is 4.90 Å². The van der Waals surface area contributed by atoms with Crippen molar-refractivity contribution in [3.05, 3.63) is 0 Å². The van der Waals surface area contributed by atoms with Crippen LogP contribution >= 0.6 is 12.6 Å². The van der Waals surface area contributed by atoms with Crippen molar-refractivity contribution in [2.75, 3.05) is 32.0 Å². The van der Waals surface area contributed by atoms with Crippen molar-refractivity contribution < 1.29 is 13.9 Å². The molecule has 1 fully saturated rings. The second-order valence-electron chi connectivity index (χ2n) is 5.42. The Morgan fingerprint density at radius 3 is 2.22 bits per heavy atom. The molecule has 5 heteroatoms. The van der Waals surface area contributed by atoms with Gasteiger partial charge in [-0.3, -0.25) is 4.90 Å². The van der Waals surface area contributed by atoms with Gasteiger partial charge in [-0.25, -0.2) is 8.78 Å². The molecule has 0 saturated heterocycles. The molecule has 0 spiro atoms. The number of aliphatic hydroxyl groups is 1. The quantitative estimate of drug-likeness (QED) is 0.554. The lowest BCUT2D eigenvalue weighted by atomic mass is 9.81. The van der Waals surface area contributed by atoms with E-state index in [9.17, 15) is 8.78 Å². The summed E-state index contributed by atoms with van der Waals surface area (Å²) in [7, 11) is 0. The van der Waals surface area contributed by atoms with Gasteiger partial charge in [-0.2, -0.15) is 12.6 Å². The summed E-state index contributed by atoms with van der Waals surface area (Å²) in [5.41, 5.74) is 0.0592. The lowest BCUT2D eigenvalue weighted by Crippen LogP contribution is -2.42. The Hall–Kier alpha value is 0.130. The maximum Gasteiger partial charge on any atom is 0.251 e. The first kappa shape index (κ1) is 16.2. The summed E-state index contributed by atoms with van der Waals surface area (Å²) in [4.78, 5) is 1.70. The van der Waals surface area contributed by atoms with Crippen LogP contribution in [0.25, 0.3) is 0 Å². The highest BCUT2D eigenvalue weighted by molar-refractivity contribution is 7.80. The van der Waals surface area contributed by atoms with Gasteiger partial charge < -0.3 is 5.11 Å². The number of halogens is 2. The second kappa shape index (κ2) is 8.33. The standard InChI is InChI=1S/C13H25F2NOS/c14-12(15)9-16(7-8-17)10-13(11-18)5-3-1-2-4-6-13/h12,17-18H,1-11H2. The zero-order valence-corrected chi connectivity index (χ0v) is 11.8. The van der Waals surface area contributed by atoms with Crippen LogP contribution in [0.1, 0.15) is 38.5 Å². The minimum absolute atomic E-state index is 0.0592. The van der Waals surface area contributed by atoms with Gasteiger partial charge in [0.25, 0.3) is 6.43 Å². The van der Waals surface area contributed by atoms with E-state index < -0.39 is 6.43 Å². The van der Waals surface area contributed by atoms with E-state index in [1.165, 1.54) is 25.7 Å². The molecule has 1 aliphatic rings. The molecule has 108 valence electrons. The van der Waals surface area contributed by atoms with Crippen molar-refractivity contribution in [1.82, 2.24) is 4.90 Å². The van der Waals surface area contributed by atoms with E-state index in [2.05, 4.69) is 12.6 Å². The average Bonchev–Trinajstić information content (AvgIpc) is 2.55. The molecule has 0 aromatic rings. The van der Waals surface area contributed by atoms with Crippen LogP contribution in [0.4, 0.5) is 8.78 Å². The van der Waals surface area contributed by atoms with Gasteiger partial charge in [-0.1, -0.05) is 25.7 Å². The van der Waals surface area contributed by atoms with Crippen LogP contribution in [-0.2, 0) is 0 Å². The molecule has 1 aliphatic carbocycles. The summed E-state index contributed by atoms with van der Waals surface area (Å²) in [6.07, 6.45) is 4.63. The predicted molar refractivity (Wildman–Crippen MR) is 73.5 cm³/mol. The highest BCUT2D eigenvalue weighted by Crippen LogP contribution is 2.36. The van der Waals surface area contributed by atoms with E-state index in [1.807, 2.05) is 0 Å². The Kier molecular flexibility index (Phi) is 7.49. The maximum absolute atomic E-state index is 12.5. The van der Waals surface area contributed by atoms with E-state index in [0.717, 1.165) is 18.6 Å². The average molecular weight is 281 g/mol. The van der Waals surface area contributed by atoms with Crippen molar-refractivity contribution in [3.63, 3.8) is 0 Å². The molecule has 1 rings (SSSR count). The molecular weight excluding hydrogens is 256 g/mol. The van der Waals surface area contributed by atoms with Crippen molar-refractivity contribution in [1.29, 1.82) is 0 Å². The number of alkyl halides is 2. The molecular formula is C13H25F2NOS. The molecule has 0 aromatic heterocycles. The van der Waals surface area contributed by atoms with Gasteiger partial charge in [0.15, 0.2) is 0 Å². The van der Waals surface area contributed by atoms with Crippen molar-refractivity contribution in [2.45, 2.75) is 45.0 Å². The Labute approximate surface area is 114 Å². The van der Waals surface area contributed by atoms with Gasteiger partial charge in [-0.05, 0) is 24.0 Å². The topological polar surface area (TPSA) is 23.5 Å². The zero-order chi connectivity index (χ0) is 13.4. The number of nitrogens with zero attached hydrogens (tertiary/aromatic N) is 1. The third-order valence-corrected chi connectivity index (χ3v) is 4.54. The highest BCUT2D eigenvalue weighted by Gasteiger charge is 2.32. The van der Waals surface area contributed by atoms with Crippen LogP contribution in [0.3, 0.4) is 0 Å². The van der Waals surface area contributed by atoms with E-state index in [-0.39, 0.29) is 18.6 Å². The number of hydrogen-bond donors (Lipinski definition) is 2. The monoisotopic (exact) mass is 281 g/mol. The third-order valence-electron chi connectivity index (χ3n) is 3.87. The van der Waals surface area contributed by atoms with Gasteiger partial charge in [0.2, 0.25) is 0 Å². The van der Waals surface area contributed by atoms with Crippen molar-refractivity contribution in [2.24, 2.45) is 5.41 Å². The van der Waals surface area contributed by atoms with E-state index >= 15 is 0 Å². The predicted octanol–water partition coefficient (Wildman–Crippen LogP) is 2.82. The lowest BCUT2D eigenvalue weighted by Gasteiger charge is -2.36. The van der Waals surface area contributed by atoms with Crippen LogP contribution in [-0.4, -0.2) is 48.4 Å². The summed E-state index contributed by atoms with van der Waals surface area (Å²) >= 11 is 4.45. The van der Waals surface area contributed by atoms with Gasteiger partial charge in [0.05, 0.1) is 13.2 Å². The summed E-state index contributed by atoms with van der Waals surface area (Å²) in [6.45, 7) is 0.673. The molecule has 0 heterocycles. The number of rotatable bonds is 7. The summed E-state index contributed by atoms with van der Waals surface area (Å²) in [5.74, 6) is 0.748. The molecule has 18 heavy (non-hydrogen) atoms. The molecule has 0 unspecified atom stereocenters. The fourth-order valence-corrected chi connectivity index (χ4v) is 3.31. The molecule has 0 aliphatic heterocycles. The van der Waals surface area contributed by atoms with Crippen LogP contribution in [0.5, 0.6) is 0 Å². The van der Waals surface area contributed by atoms with Crippen molar-refractivity contribution in [3.8, 4) is 0 Å². The SMILES string of the molecule is OCCN(CC(F)F)CC1(CS)CCCCCC1. The first-order valence-electron chi connectivity index (χ1n) is 6.84. The van der Waals surface area contributed by atoms with Gasteiger partial charge in [0.1, 0.15) is 0 Å². The number of hydrogen-bond acceptors (Lipinski definition) is 3. The second-order valence-corrected chi connectivity index (χ2v) is 5.74. The fourth-order valence-electron chi connectivity index (χ4n) is 2.89. The number of thiol groups is 1. The largest absolute Gasteiger partial charge is 0.395 e.